The average molecular weight is 284 g/mol. The zero-order valence-electron chi connectivity index (χ0n) is 13.1. The van der Waals surface area contributed by atoms with E-state index in [0.717, 1.165) is 30.1 Å². The monoisotopic (exact) mass is 284 g/mol. The highest BCUT2D eigenvalue weighted by atomic mass is 16.5. The van der Waals surface area contributed by atoms with E-state index in [9.17, 15) is 0 Å². The van der Waals surface area contributed by atoms with E-state index in [2.05, 4.69) is 43.0 Å². The van der Waals surface area contributed by atoms with Gasteiger partial charge in [0.25, 0.3) is 0 Å². The van der Waals surface area contributed by atoms with Crippen molar-refractivity contribution in [1.29, 1.82) is 0 Å². The zero-order chi connectivity index (χ0) is 15.2. The van der Waals surface area contributed by atoms with Crippen molar-refractivity contribution in [2.45, 2.75) is 27.3 Å². The second-order valence-electron chi connectivity index (χ2n) is 5.15. The van der Waals surface area contributed by atoms with Gasteiger partial charge in [-0.25, -0.2) is 0 Å². The third kappa shape index (κ3) is 3.91. The Morgan fingerprint density at radius 2 is 1.90 bits per heavy atom. The number of ether oxygens (including phenoxy) is 1. The van der Waals surface area contributed by atoms with Gasteiger partial charge >= 0.3 is 0 Å². The number of nitrogen functional groups attached to an aromatic ring is 1. The highest BCUT2D eigenvalue weighted by Gasteiger charge is 2.10. The van der Waals surface area contributed by atoms with Crippen LogP contribution in [0.15, 0.2) is 42.5 Å². The SMILES string of the molecule is CCOc1ccc(N)cc1CN(CC)c1cccc(C)c1. The minimum atomic E-state index is 0.660. The Kier molecular flexibility index (Phi) is 5.09. The van der Waals surface area contributed by atoms with E-state index in [1.54, 1.807) is 0 Å². The number of hydrogen-bond acceptors (Lipinski definition) is 3. The van der Waals surface area contributed by atoms with Crippen LogP contribution in [0, 0.1) is 6.92 Å². The molecule has 0 fully saturated rings. The van der Waals surface area contributed by atoms with Crippen LogP contribution in [-0.2, 0) is 6.54 Å². The third-order valence-electron chi connectivity index (χ3n) is 3.49. The van der Waals surface area contributed by atoms with Crippen LogP contribution < -0.4 is 15.4 Å². The first-order chi connectivity index (χ1) is 10.1. The summed E-state index contributed by atoms with van der Waals surface area (Å²) in [7, 11) is 0. The summed E-state index contributed by atoms with van der Waals surface area (Å²) in [6.07, 6.45) is 0. The molecule has 0 unspecified atom stereocenters. The van der Waals surface area contributed by atoms with E-state index in [1.165, 1.54) is 11.3 Å². The normalized spacial score (nSPS) is 10.4. The lowest BCUT2D eigenvalue weighted by Gasteiger charge is -2.25. The quantitative estimate of drug-likeness (QED) is 0.815. The van der Waals surface area contributed by atoms with Crippen LogP contribution >= 0.6 is 0 Å². The first kappa shape index (κ1) is 15.2. The Hall–Kier alpha value is -2.16. The summed E-state index contributed by atoms with van der Waals surface area (Å²) in [4.78, 5) is 2.32. The Morgan fingerprint density at radius 1 is 1.10 bits per heavy atom. The van der Waals surface area contributed by atoms with Gasteiger partial charge in [-0.05, 0) is 56.7 Å². The number of benzene rings is 2. The van der Waals surface area contributed by atoms with Crippen LogP contribution in [0.4, 0.5) is 11.4 Å². The summed E-state index contributed by atoms with van der Waals surface area (Å²) in [6, 6.07) is 14.4. The summed E-state index contributed by atoms with van der Waals surface area (Å²) in [5, 5.41) is 0. The number of rotatable bonds is 6. The molecule has 2 N–H and O–H groups in total. The topological polar surface area (TPSA) is 38.5 Å². The van der Waals surface area contributed by atoms with Gasteiger partial charge in [0, 0.05) is 30.0 Å². The summed E-state index contributed by atoms with van der Waals surface area (Å²) in [5.41, 5.74) is 10.3. The van der Waals surface area contributed by atoms with Crippen LogP contribution in [0.5, 0.6) is 5.75 Å². The Bertz CT molecular complexity index is 596. The Balaban J connectivity index is 2.28. The van der Waals surface area contributed by atoms with Crippen molar-refractivity contribution in [2.24, 2.45) is 0 Å². The molecule has 0 aliphatic heterocycles. The standard InChI is InChI=1S/C18H24N2O/c1-4-20(17-8-6-7-14(3)11-17)13-15-12-16(19)9-10-18(15)21-5-2/h6-12H,4-5,13,19H2,1-3H3. The number of nitrogens with two attached hydrogens (primary N) is 1. The van der Waals surface area contributed by atoms with Crippen molar-refractivity contribution in [3.63, 3.8) is 0 Å². The average Bonchev–Trinajstić information content (AvgIpc) is 2.47. The lowest BCUT2D eigenvalue weighted by molar-refractivity contribution is 0.336. The Morgan fingerprint density at radius 3 is 2.57 bits per heavy atom. The number of anilines is 2. The first-order valence-corrected chi connectivity index (χ1v) is 7.46. The van der Waals surface area contributed by atoms with Gasteiger partial charge < -0.3 is 15.4 Å². The summed E-state index contributed by atoms with van der Waals surface area (Å²) < 4.78 is 5.71. The van der Waals surface area contributed by atoms with E-state index >= 15 is 0 Å². The Labute approximate surface area is 127 Å². The predicted octanol–water partition coefficient (Wildman–Crippen LogP) is 4.00. The van der Waals surface area contributed by atoms with Gasteiger partial charge in [-0.2, -0.15) is 0 Å². The van der Waals surface area contributed by atoms with Gasteiger partial charge in [0.15, 0.2) is 0 Å². The highest BCUT2D eigenvalue weighted by molar-refractivity contribution is 5.53. The molecule has 2 aromatic carbocycles. The first-order valence-electron chi connectivity index (χ1n) is 7.46. The van der Waals surface area contributed by atoms with Crippen molar-refractivity contribution in [2.75, 3.05) is 23.8 Å². The van der Waals surface area contributed by atoms with Crippen molar-refractivity contribution >= 4 is 11.4 Å². The molecule has 2 aromatic rings. The maximum Gasteiger partial charge on any atom is 0.124 e. The van der Waals surface area contributed by atoms with Gasteiger partial charge in [-0.15, -0.1) is 0 Å². The molecule has 0 spiro atoms. The number of aryl methyl sites for hydroxylation is 1. The summed E-state index contributed by atoms with van der Waals surface area (Å²) in [6.45, 7) is 8.66. The van der Waals surface area contributed by atoms with Crippen LogP contribution in [0.3, 0.4) is 0 Å². The second kappa shape index (κ2) is 7.02. The molecule has 0 heterocycles. The van der Waals surface area contributed by atoms with Crippen molar-refractivity contribution < 1.29 is 4.74 Å². The summed E-state index contributed by atoms with van der Waals surface area (Å²) >= 11 is 0. The largest absolute Gasteiger partial charge is 0.494 e. The predicted molar refractivity (Wildman–Crippen MR) is 89.9 cm³/mol. The van der Waals surface area contributed by atoms with Crippen molar-refractivity contribution in [3.05, 3.63) is 53.6 Å². The molecule has 0 radical (unpaired) electrons. The van der Waals surface area contributed by atoms with E-state index < -0.39 is 0 Å². The molecule has 3 heteroatoms. The highest BCUT2D eigenvalue weighted by Crippen LogP contribution is 2.26. The van der Waals surface area contributed by atoms with Gasteiger partial charge in [-0.3, -0.25) is 0 Å². The fraction of sp³-hybridized carbons (Fsp3) is 0.333. The van der Waals surface area contributed by atoms with Crippen LogP contribution in [0.2, 0.25) is 0 Å². The molecule has 3 nitrogen and oxygen atoms in total. The fourth-order valence-corrected chi connectivity index (χ4v) is 2.44. The molecule has 0 aliphatic carbocycles. The van der Waals surface area contributed by atoms with Crippen molar-refractivity contribution in [3.8, 4) is 5.75 Å². The van der Waals surface area contributed by atoms with E-state index in [0.29, 0.717) is 6.61 Å². The minimum Gasteiger partial charge on any atom is -0.494 e. The minimum absolute atomic E-state index is 0.660. The molecule has 0 atom stereocenters. The van der Waals surface area contributed by atoms with Gasteiger partial charge in [0.2, 0.25) is 0 Å². The van der Waals surface area contributed by atoms with Gasteiger partial charge in [-0.1, -0.05) is 12.1 Å². The molecular formula is C18H24N2O. The lowest BCUT2D eigenvalue weighted by atomic mass is 10.1. The van der Waals surface area contributed by atoms with E-state index in [-0.39, 0.29) is 0 Å². The van der Waals surface area contributed by atoms with Crippen LogP contribution in [-0.4, -0.2) is 13.2 Å². The van der Waals surface area contributed by atoms with E-state index in [4.69, 9.17) is 10.5 Å². The zero-order valence-corrected chi connectivity index (χ0v) is 13.1. The van der Waals surface area contributed by atoms with Crippen LogP contribution in [0.25, 0.3) is 0 Å². The molecule has 21 heavy (non-hydrogen) atoms. The molecule has 2 rings (SSSR count). The van der Waals surface area contributed by atoms with Crippen LogP contribution in [0.1, 0.15) is 25.0 Å². The molecule has 0 saturated heterocycles. The van der Waals surface area contributed by atoms with E-state index in [1.807, 2.05) is 25.1 Å². The fourth-order valence-electron chi connectivity index (χ4n) is 2.44. The molecular weight excluding hydrogens is 260 g/mol. The molecule has 0 amide bonds. The number of nitrogens with zero attached hydrogens (tertiary/aromatic N) is 1. The molecule has 0 aromatic heterocycles. The summed E-state index contributed by atoms with van der Waals surface area (Å²) in [5.74, 6) is 0.915. The molecule has 112 valence electrons. The smallest absolute Gasteiger partial charge is 0.124 e. The second-order valence-corrected chi connectivity index (χ2v) is 5.15. The molecule has 0 saturated carbocycles. The molecule has 0 aliphatic rings. The van der Waals surface area contributed by atoms with Gasteiger partial charge in [0.05, 0.1) is 6.61 Å². The van der Waals surface area contributed by atoms with Crippen molar-refractivity contribution in [1.82, 2.24) is 0 Å². The maximum atomic E-state index is 5.93. The molecule has 0 bridgehead atoms. The third-order valence-corrected chi connectivity index (χ3v) is 3.49. The number of hydrogen-bond donors (Lipinski definition) is 1. The lowest BCUT2D eigenvalue weighted by Crippen LogP contribution is -2.22. The maximum absolute atomic E-state index is 5.93. The van der Waals surface area contributed by atoms with Gasteiger partial charge in [0.1, 0.15) is 5.75 Å².